The van der Waals surface area contributed by atoms with Gasteiger partial charge in [0.05, 0.1) is 29.2 Å². The quantitative estimate of drug-likeness (QED) is 0.305. The molecule has 1 aromatic heterocycles. The molecule has 12 heteroatoms. The van der Waals surface area contributed by atoms with Gasteiger partial charge in [-0.15, -0.1) is 0 Å². The van der Waals surface area contributed by atoms with E-state index in [0.29, 0.717) is 22.6 Å². The summed E-state index contributed by atoms with van der Waals surface area (Å²) in [5.74, 6) is -0.891. The van der Waals surface area contributed by atoms with Gasteiger partial charge in [0.1, 0.15) is 16.9 Å². The summed E-state index contributed by atoms with van der Waals surface area (Å²) in [6, 6.07) is 19.8. The van der Waals surface area contributed by atoms with Crippen molar-refractivity contribution in [3.05, 3.63) is 108 Å². The maximum absolute atomic E-state index is 13.8. The maximum atomic E-state index is 13.8. The molecule has 9 nitrogen and oxygen atoms in total. The molecular formula is C26H23FN4O5S2. The number of carbonyl (C=O) groups is 1. The molecule has 2 atom stereocenters. The second kappa shape index (κ2) is 10.1. The monoisotopic (exact) mass is 554 g/mol. The van der Waals surface area contributed by atoms with Gasteiger partial charge in [-0.2, -0.15) is 0 Å². The number of benzene rings is 3. The zero-order valence-electron chi connectivity index (χ0n) is 19.8. The van der Waals surface area contributed by atoms with E-state index in [1.165, 1.54) is 12.1 Å². The third-order valence-electron chi connectivity index (χ3n) is 6.21. The summed E-state index contributed by atoms with van der Waals surface area (Å²) in [6.07, 6.45) is 1.60. The van der Waals surface area contributed by atoms with Crippen LogP contribution < -0.4 is 9.44 Å². The van der Waals surface area contributed by atoms with Crippen LogP contribution in [0.1, 0.15) is 34.7 Å². The van der Waals surface area contributed by atoms with E-state index < -0.39 is 43.1 Å². The molecular weight excluding hydrogens is 531 g/mol. The Bertz CT molecular complexity index is 1690. The van der Waals surface area contributed by atoms with E-state index in [1.807, 2.05) is 35.1 Å². The lowest BCUT2D eigenvalue weighted by Gasteiger charge is -2.18. The largest absolute Gasteiger partial charge is 0.341 e. The summed E-state index contributed by atoms with van der Waals surface area (Å²) < 4.78 is 69.1. The van der Waals surface area contributed by atoms with Crippen molar-refractivity contribution in [3.63, 3.8) is 0 Å². The van der Waals surface area contributed by atoms with Gasteiger partial charge < -0.3 is 4.98 Å². The van der Waals surface area contributed by atoms with Gasteiger partial charge in [-0.05, 0) is 41.3 Å². The van der Waals surface area contributed by atoms with E-state index in [4.69, 9.17) is 0 Å². The number of aromatic amines is 1. The number of rotatable bonds is 8. The van der Waals surface area contributed by atoms with Crippen LogP contribution in [0.5, 0.6) is 0 Å². The Hall–Kier alpha value is -3.87. The minimum atomic E-state index is -4.12. The van der Waals surface area contributed by atoms with Gasteiger partial charge in [0.15, 0.2) is 0 Å². The first-order valence-corrected chi connectivity index (χ1v) is 14.7. The lowest BCUT2D eigenvalue weighted by atomic mass is 10.0. The van der Waals surface area contributed by atoms with Crippen molar-refractivity contribution in [2.24, 2.45) is 0 Å². The second-order valence-electron chi connectivity index (χ2n) is 8.89. The summed E-state index contributed by atoms with van der Waals surface area (Å²) in [5.41, 5.74) is 2.69. The molecule has 1 saturated heterocycles. The predicted octanol–water partition coefficient (Wildman–Crippen LogP) is 3.37. The molecule has 196 valence electrons. The van der Waals surface area contributed by atoms with Crippen LogP contribution in [-0.2, 0) is 31.3 Å². The zero-order chi connectivity index (χ0) is 26.9. The minimum absolute atomic E-state index is 0.158. The van der Waals surface area contributed by atoms with Crippen LogP contribution in [0.4, 0.5) is 4.39 Å². The Morgan fingerprint density at radius 3 is 2.42 bits per heavy atom. The third-order valence-corrected chi connectivity index (χ3v) is 9.38. The Morgan fingerprint density at radius 2 is 1.76 bits per heavy atom. The predicted molar refractivity (Wildman–Crippen MR) is 138 cm³/mol. The van der Waals surface area contributed by atoms with Gasteiger partial charge in [-0.25, -0.2) is 30.9 Å². The third kappa shape index (κ3) is 5.52. The first kappa shape index (κ1) is 25.8. The first-order valence-electron chi connectivity index (χ1n) is 11.6. The number of sulfonamides is 2. The van der Waals surface area contributed by atoms with Crippen molar-refractivity contribution in [2.45, 2.75) is 29.0 Å². The van der Waals surface area contributed by atoms with Crippen molar-refractivity contribution < 1.29 is 26.0 Å². The number of aromatic nitrogens is 2. The highest BCUT2D eigenvalue weighted by Gasteiger charge is 2.37. The van der Waals surface area contributed by atoms with E-state index in [2.05, 4.69) is 14.7 Å². The minimum Gasteiger partial charge on any atom is -0.341 e. The second-order valence-corrected chi connectivity index (χ2v) is 12.5. The van der Waals surface area contributed by atoms with Crippen molar-refractivity contribution in [1.29, 1.82) is 0 Å². The summed E-state index contributed by atoms with van der Waals surface area (Å²) >= 11 is 0. The standard InChI is InChI=1S/C26H23FN4O5S2/c27-20-7-4-8-21(14-20)37(33,34)30-22(26-28-16-23(29-26)18-5-2-1-3-6-18)13-17-9-11-19(12-10-17)24-15-25(32)31-38(24,35)36/h1-12,14,16,22,24,30H,13,15H2,(H,28,29)(H,31,32). The maximum Gasteiger partial charge on any atom is 0.242 e. The van der Waals surface area contributed by atoms with Gasteiger partial charge in [0.25, 0.3) is 0 Å². The van der Waals surface area contributed by atoms with Crippen LogP contribution in [0.2, 0.25) is 0 Å². The average Bonchev–Trinajstić information content (AvgIpc) is 3.48. The van der Waals surface area contributed by atoms with Crippen molar-refractivity contribution in [2.75, 3.05) is 0 Å². The number of carbonyl (C=O) groups excluding carboxylic acids is 1. The Balaban J connectivity index is 1.45. The molecule has 2 heterocycles. The fourth-order valence-electron chi connectivity index (χ4n) is 4.31. The molecule has 3 N–H and O–H groups in total. The molecule has 0 saturated carbocycles. The number of nitrogens with one attached hydrogen (secondary N) is 3. The number of hydrogen-bond acceptors (Lipinski definition) is 6. The Morgan fingerprint density at radius 1 is 1.03 bits per heavy atom. The lowest BCUT2D eigenvalue weighted by molar-refractivity contribution is -0.118. The highest BCUT2D eigenvalue weighted by Crippen LogP contribution is 2.31. The molecule has 2 unspecified atom stereocenters. The SMILES string of the molecule is O=C1CC(c2ccc(CC(NS(=O)(=O)c3cccc(F)c3)c3ncc(-c4ccccc4)[nH]3)cc2)S(=O)(=O)N1. The number of hydrogen-bond donors (Lipinski definition) is 3. The summed E-state index contributed by atoms with van der Waals surface area (Å²) in [7, 11) is -7.91. The van der Waals surface area contributed by atoms with Crippen LogP contribution in [0, 0.1) is 5.82 Å². The van der Waals surface area contributed by atoms with E-state index in [0.717, 1.165) is 17.7 Å². The first-order chi connectivity index (χ1) is 18.1. The summed E-state index contributed by atoms with van der Waals surface area (Å²) in [4.78, 5) is 19.0. The summed E-state index contributed by atoms with van der Waals surface area (Å²) in [5, 5.41) is -0.982. The van der Waals surface area contributed by atoms with E-state index in [9.17, 15) is 26.0 Å². The normalized spacial score (nSPS) is 17.7. The van der Waals surface area contributed by atoms with E-state index in [-0.39, 0.29) is 17.7 Å². The van der Waals surface area contributed by atoms with Gasteiger partial charge in [0.2, 0.25) is 26.0 Å². The molecule has 1 amide bonds. The number of nitrogens with zero attached hydrogens (tertiary/aromatic N) is 1. The van der Waals surface area contributed by atoms with Crippen LogP contribution >= 0.6 is 0 Å². The van der Waals surface area contributed by atoms with Crippen molar-refractivity contribution in [1.82, 2.24) is 19.4 Å². The molecule has 0 radical (unpaired) electrons. The Labute approximate surface area is 219 Å². The highest BCUT2D eigenvalue weighted by molar-refractivity contribution is 7.90. The van der Waals surface area contributed by atoms with Crippen LogP contribution in [0.25, 0.3) is 11.3 Å². The Kier molecular flexibility index (Phi) is 6.86. The molecule has 0 spiro atoms. The topological polar surface area (TPSA) is 138 Å². The van der Waals surface area contributed by atoms with Crippen LogP contribution in [0.3, 0.4) is 0 Å². The van der Waals surface area contributed by atoms with Crippen molar-refractivity contribution >= 4 is 26.0 Å². The van der Waals surface area contributed by atoms with Gasteiger partial charge in [0, 0.05) is 0 Å². The fraction of sp³-hybridized carbons (Fsp3) is 0.154. The van der Waals surface area contributed by atoms with Gasteiger partial charge in [-0.3, -0.25) is 9.52 Å². The molecule has 4 aromatic rings. The summed E-state index contributed by atoms with van der Waals surface area (Å²) in [6.45, 7) is 0. The molecule has 1 fully saturated rings. The lowest BCUT2D eigenvalue weighted by Crippen LogP contribution is -2.31. The van der Waals surface area contributed by atoms with Crippen LogP contribution in [0.15, 0.2) is 90.0 Å². The number of amides is 1. The highest BCUT2D eigenvalue weighted by atomic mass is 32.2. The molecule has 1 aliphatic heterocycles. The van der Waals surface area contributed by atoms with E-state index in [1.54, 1.807) is 30.5 Å². The van der Waals surface area contributed by atoms with Crippen LogP contribution in [-0.4, -0.2) is 32.7 Å². The molecule has 1 aliphatic rings. The molecule has 5 rings (SSSR count). The molecule has 38 heavy (non-hydrogen) atoms. The average molecular weight is 555 g/mol. The number of halogens is 1. The van der Waals surface area contributed by atoms with E-state index >= 15 is 0 Å². The smallest absolute Gasteiger partial charge is 0.242 e. The van der Waals surface area contributed by atoms with Gasteiger partial charge >= 0.3 is 0 Å². The molecule has 0 bridgehead atoms. The molecule has 3 aromatic carbocycles. The van der Waals surface area contributed by atoms with Gasteiger partial charge in [-0.1, -0.05) is 60.7 Å². The fourth-order valence-corrected chi connectivity index (χ4v) is 6.97. The zero-order valence-corrected chi connectivity index (χ0v) is 21.5. The number of H-pyrrole nitrogens is 1. The van der Waals surface area contributed by atoms with Crippen molar-refractivity contribution in [3.8, 4) is 11.3 Å². The molecule has 0 aliphatic carbocycles. The number of imidazole rings is 1.